The van der Waals surface area contributed by atoms with Gasteiger partial charge in [0.05, 0.1) is 11.1 Å². The third-order valence-corrected chi connectivity index (χ3v) is 7.73. The van der Waals surface area contributed by atoms with E-state index in [9.17, 15) is 14.0 Å². The molecule has 3 atom stereocenters. The van der Waals surface area contributed by atoms with Crippen molar-refractivity contribution < 1.29 is 23.5 Å². The Hall–Kier alpha value is -1.51. The second kappa shape index (κ2) is 8.32. The molecular weight excluding hydrogens is 419 g/mol. The summed E-state index contributed by atoms with van der Waals surface area (Å²) in [6, 6.07) is 4.08. The maximum Gasteiger partial charge on any atom is 0.258 e. The van der Waals surface area contributed by atoms with Crippen molar-refractivity contribution in [2.45, 2.75) is 48.6 Å². The van der Waals surface area contributed by atoms with Crippen molar-refractivity contribution in [2.24, 2.45) is 5.92 Å². The Kier molecular flexibility index (Phi) is 5.95. The molecule has 1 aromatic carbocycles. The van der Waals surface area contributed by atoms with Crippen LogP contribution in [0.2, 0.25) is 5.02 Å². The highest BCUT2D eigenvalue weighted by Gasteiger charge is 2.57. The number of carbonyl (C=O) groups excluding carboxylic acids is 2. The van der Waals surface area contributed by atoms with Crippen LogP contribution >= 0.6 is 23.4 Å². The molecule has 0 aromatic heterocycles. The smallest absolute Gasteiger partial charge is 0.258 e. The highest BCUT2D eigenvalue weighted by atomic mass is 35.5. The third-order valence-electron chi connectivity index (χ3n) is 6.08. The molecule has 4 aliphatic rings. The summed E-state index contributed by atoms with van der Waals surface area (Å²) in [7, 11) is 1.65. The molecule has 2 N–H and O–H groups in total. The summed E-state index contributed by atoms with van der Waals surface area (Å²) in [4.78, 5) is 24.9. The lowest BCUT2D eigenvalue weighted by molar-refractivity contribution is -0.125. The zero-order valence-corrected chi connectivity index (χ0v) is 17.7. The van der Waals surface area contributed by atoms with Crippen LogP contribution in [0.25, 0.3) is 0 Å². The summed E-state index contributed by atoms with van der Waals surface area (Å²) in [6.07, 6.45) is 3.34. The number of fused-ring (bicyclic) bond motifs is 1. The molecule has 1 aromatic rings. The highest BCUT2D eigenvalue weighted by Crippen LogP contribution is 2.52. The molecule has 0 radical (unpaired) electrons. The number of carbonyl (C=O) groups is 2. The standard InChI is InChI=1S/C20H24ClFN2O4S/c1-27-16-4-5-29-18(16)19(26)24-20-7-11(8-20)15(9-20)23-17(25)10-28-12-2-3-13(21)14(22)6-12/h2-3,6,11,15-16,18H,4-5,7-10H2,1H3,(H,23,25)(H,24,26). The molecule has 5 rings (SSSR count). The highest BCUT2D eigenvalue weighted by molar-refractivity contribution is 8.00. The van der Waals surface area contributed by atoms with Gasteiger partial charge in [0.1, 0.15) is 16.8 Å². The molecule has 6 nitrogen and oxygen atoms in total. The number of methoxy groups -OCH3 is 1. The van der Waals surface area contributed by atoms with E-state index in [0.29, 0.717) is 5.92 Å². The van der Waals surface area contributed by atoms with Gasteiger partial charge in [-0.15, -0.1) is 11.8 Å². The van der Waals surface area contributed by atoms with Gasteiger partial charge in [-0.3, -0.25) is 9.59 Å². The molecule has 3 saturated carbocycles. The maximum atomic E-state index is 13.4. The molecule has 3 aliphatic carbocycles. The fourth-order valence-electron chi connectivity index (χ4n) is 4.66. The molecule has 2 bridgehead atoms. The predicted octanol–water partition coefficient (Wildman–Crippen LogP) is 2.53. The number of thioether (sulfide) groups is 1. The van der Waals surface area contributed by atoms with Crippen LogP contribution in [0.1, 0.15) is 25.7 Å². The Morgan fingerprint density at radius 2 is 2.14 bits per heavy atom. The lowest BCUT2D eigenvalue weighted by atomic mass is 9.76. The fraction of sp³-hybridized carbons (Fsp3) is 0.600. The van der Waals surface area contributed by atoms with Crippen LogP contribution < -0.4 is 15.4 Å². The van der Waals surface area contributed by atoms with Gasteiger partial charge in [0, 0.05) is 24.8 Å². The second-order valence-electron chi connectivity index (χ2n) is 8.03. The first kappa shape index (κ1) is 20.8. The number of ether oxygens (including phenoxy) is 2. The molecule has 1 saturated heterocycles. The van der Waals surface area contributed by atoms with Gasteiger partial charge in [0.15, 0.2) is 6.61 Å². The van der Waals surface area contributed by atoms with E-state index in [0.717, 1.165) is 37.5 Å². The Morgan fingerprint density at radius 3 is 2.86 bits per heavy atom. The van der Waals surface area contributed by atoms with Crippen LogP contribution in [-0.4, -0.2) is 54.2 Å². The van der Waals surface area contributed by atoms with E-state index in [1.165, 1.54) is 12.1 Å². The van der Waals surface area contributed by atoms with Crippen molar-refractivity contribution in [2.75, 3.05) is 19.5 Å². The molecule has 0 spiro atoms. The minimum Gasteiger partial charge on any atom is -0.484 e. The summed E-state index contributed by atoms with van der Waals surface area (Å²) < 4.78 is 24.2. The average Bonchev–Trinajstić information content (AvgIpc) is 3.35. The van der Waals surface area contributed by atoms with Crippen LogP contribution in [-0.2, 0) is 14.3 Å². The maximum absolute atomic E-state index is 13.4. The van der Waals surface area contributed by atoms with E-state index >= 15 is 0 Å². The van der Waals surface area contributed by atoms with Gasteiger partial charge in [-0.1, -0.05) is 11.6 Å². The number of nitrogens with one attached hydrogen (secondary N) is 2. The van der Waals surface area contributed by atoms with Crippen molar-refractivity contribution in [3.05, 3.63) is 29.0 Å². The lowest BCUT2D eigenvalue weighted by Gasteiger charge is -2.40. The monoisotopic (exact) mass is 442 g/mol. The number of benzene rings is 1. The topological polar surface area (TPSA) is 76.7 Å². The predicted molar refractivity (Wildman–Crippen MR) is 109 cm³/mol. The molecule has 158 valence electrons. The number of hydrogen-bond donors (Lipinski definition) is 2. The molecule has 3 unspecified atom stereocenters. The van der Waals surface area contributed by atoms with Crippen LogP contribution in [0.3, 0.4) is 0 Å². The molecule has 4 fully saturated rings. The molecule has 29 heavy (non-hydrogen) atoms. The van der Waals surface area contributed by atoms with Gasteiger partial charge in [-0.25, -0.2) is 4.39 Å². The lowest BCUT2D eigenvalue weighted by Crippen LogP contribution is -2.55. The van der Waals surface area contributed by atoms with Gasteiger partial charge in [0.2, 0.25) is 5.91 Å². The van der Waals surface area contributed by atoms with E-state index < -0.39 is 5.82 Å². The van der Waals surface area contributed by atoms with Gasteiger partial charge in [-0.05, 0) is 49.5 Å². The first-order valence-corrected chi connectivity index (χ1v) is 11.2. The first-order chi connectivity index (χ1) is 13.9. The summed E-state index contributed by atoms with van der Waals surface area (Å²) >= 11 is 7.28. The Bertz CT molecular complexity index is 805. The van der Waals surface area contributed by atoms with Crippen LogP contribution in [0.15, 0.2) is 18.2 Å². The Morgan fingerprint density at radius 1 is 1.34 bits per heavy atom. The molecule has 9 heteroatoms. The number of amides is 2. The Balaban J connectivity index is 1.25. The van der Waals surface area contributed by atoms with E-state index in [2.05, 4.69) is 10.6 Å². The normalized spacial score (nSPS) is 32.5. The van der Waals surface area contributed by atoms with Crippen molar-refractivity contribution in [3.8, 4) is 5.75 Å². The van der Waals surface area contributed by atoms with Crippen molar-refractivity contribution in [1.29, 1.82) is 0 Å². The summed E-state index contributed by atoms with van der Waals surface area (Å²) in [5.41, 5.74) is -0.221. The minimum absolute atomic E-state index is 0.00713. The number of rotatable bonds is 7. The minimum atomic E-state index is -0.588. The van der Waals surface area contributed by atoms with Gasteiger partial charge < -0.3 is 20.1 Å². The molecule has 2 amide bonds. The van der Waals surface area contributed by atoms with Gasteiger partial charge in [-0.2, -0.15) is 0 Å². The Labute approximate surface area is 178 Å². The molecule has 1 aliphatic heterocycles. The van der Waals surface area contributed by atoms with Crippen molar-refractivity contribution in [1.82, 2.24) is 10.6 Å². The van der Waals surface area contributed by atoms with Crippen LogP contribution in [0.5, 0.6) is 5.75 Å². The van der Waals surface area contributed by atoms with Gasteiger partial charge >= 0.3 is 0 Å². The van der Waals surface area contributed by atoms with Crippen LogP contribution in [0.4, 0.5) is 4.39 Å². The van der Waals surface area contributed by atoms with Crippen molar-refractivity contribution >= 4 is 35.2 Å². The summed E-state index contributed by atoms with van der Waals surface area (Å²) in [5, 5.41) is 6.06. The third kappa shape index (κ3) is 4.34. The number of hydrogen-bond acceptors (Lipinski definition) is 5. The van der Waals surface area contributed by atoms with Gasteiger partial charge in [0.25, 0.3) is 5.91 Å². The van der Waals surface area contributed by atoms with E-state index in [1.807, 2.05) is 0 Å². The van der Waals surface area contributed by atoms with Crippen molar-refractivity contribution in [3.63, 3.8) is 0 Å². The van der Waals surface area contributed by atoms with E-state index in [-0.39, 0.29) is 52.1 Å². The van der Waals surface area contributed by atoms with E-state index in [4.69, 9.17) is 21.1 Å². The summed E-state index contributed by atoms with van der Waals surface area (Å²) in [5.74, 6) is 0.741. The second-order valence-corrected chi connectivity index (χ2v) is 9.69. The molecule has 1 heterocycles. The zero-order chi connectivity index (χ0) is 20.6. The van der Waals surface area contributed by atoms with Crippen LogP contribution in [0, 0.1) is 11.7 Å². The quantitative estimate of drug-likeness (QED) is 0.678. The zero-order valence-electron chi connectivity index (χ0n) is 16.1. The first-order valence-electron chi connectivity index (χ1n) is 9.73. The SMILES string of the molecule is COC1CCSC1C(=O)NC12CC(C1)C(NC(=O)COc1ccc(Cl)c(F)c1)C2. The summed E-state index contributed by atoms with van der Waals surface area (Å²) in [6.45, 7) is -0.197. The largest absolute Gasteiger partial charge is 0.484 e. The average molecular weight is 443 g/mol. The molecular formula is C20H24ClFN2O4S. The number of halogens is 2. The van der Waals surface area contributed by atoms with E-state index in [1.54, 1.807) is 18.9 Å². The fourth-order valence-corrected chi connectivity index (χ4v) is 6.07.